The Labute approximate surface area is 129 Å². The van der Waals surface area contributed by atoms with E-state index in [9.17, 15) is 0 Å². The molecule has 6 heteroatoms. The molecule has 0 fully saturated rings. The van der Waals surface area contributed by atoms with Crippen molar-refractivity contribution < 1.29 is 0 Å². The second kappa shape index (κ2) is 5.79. The molecule has 0 spiro atoms. The van der Waals surface area contributed by atoms with E-state index in [4.69, 9.17) is 28.5 Å². The van der Waals surface area contributed by atoms with Gasteiger partial charge in [-0.05, 0) is 52.7 Å². The first kappa shape index (κ1) is 14.1. The monoisotopic (exact) mass is 355 g/mol. The first-order valence-corrected chi connectivity index (χ1v) is 6.85. The topological polar surface area (TPSA) is 48.7 Å². The number of nitrogens with zero attached hydrogens (tertiary/aromatic N) is 2. The van der Waals surface area contributed by atoms with Gasteiger partial charge in [-0.2, -0.15) is 5.26 Å². The van der Waals surface area contributed by atoms with Gasteiger partial charge in [0.15, 0.2) is 0 Å². The van der Waals surface area contributed by atoms with Crippen LogP contribution >= 0.6 is 39.1 Å². The van der Waals surface area contributed by atoms with Crippen molar-refractivity contribution in [3.8, 4) is 6.07 Å². The third-order valence-electron chi connectivity index (χ3n) is 2.43. The Kier molecular flexibility index (Phi) is 4.31. The van der Waals surface area contributed by atoms with Crippen LogP contribution in [0.1, 0.15) is 11.1 Å². The number of benzene rings is 1. The normalized spacial score (nSPS) is 10.1. The summed E-state index contributed by atoms with van der Waals surface area (Å²) in [5.74, 6) is 0.490. The Morgan fingerprint density at radius 1 is 1.26 bits per heavy atom. The van der Waals surface area contributed by atoms with Gasteiger partial charge in [-0.15, -0.1) is 0 Å². The van der Waals surface area contributed by atoms with E-state index in [0.29, 0.717) is 16.4 Å². The van der Waals surface area contributed by atoms with Crippen LogP contribution < -0.4 is 5.32 Å². The quantitative estimate of drug-likeness (QED) is 0.763. The zero-order chi connectivity index (χ0) is 14.0. The minimum absolute atomic E-state index is 0.260. The van der Waals surface area contributed by atoms with Crippen molar-refractivity contribution in [1.82, 2.24) is 4.98 Å². The lowest BCUT2D eigenvalue weighted by Gasteiger charge is -2.10. The van der Waals surface area contributed by atoms with Gasteiger partial charge >= 0.3 is 0 Å². The number of pyridine rings is 1. The molecule has 96 valence electrons. The summed E-state index contributed by atoms with van der Waals surface area (Å²) in [4.78, 5) is 4.11. The van der Waals surface area contributed by atoms with Gasteiger partial charge < -0.3 is 5.32 Å². The molecular weight excluding hydrogens is 349 g/mol. The van der Waals surface area contributed by atoms with Crippen LogP contribution in [0.15, 0.2) is 28.7 Å². The van der Waals surface area contributed by atoms with Crippen LogP contribution in [-0.4, -0.2) is 4.98 Å². The predicted molar refractivity (Wildman–Crippen MR) is 81.1 cm³/mol. The molecule has 0 bridgehead atoms. The Morgan fingerprint density at radius 2 is 2.00 bits per heavy atom. The van der Waals surface area contributed by atoms with Crippen LogP contribution in [0.5, 0.6) is 0 Å². The van der Waals surface area contributed by atoms with Crippen LogP contribution in [0.2, 0.25) is 10.2 Å². The van der Waals surface area contributed by atoms with Crippen molar-refractivity contribution in [2.24, 2.45) is 0 Å². The standard InChI is InChI=1S/C13H8BrCl2N3/c1-7-2-9(14)11(5-10(7)15)18-13-4-8(6-17)3-12(16)19-13/h2-5H,1H3,(H,18,19). The minimum atomic E-state index is 0.260. The number of nitriles is 1. The number of aromatic nitrogens is 1. The number of hydrogen-bond donors (Lipinski definition) is 1. The molecule has 0 aliphatic rings. The van der Waals surface area contributed by atoms with Crippen LogP contribution in [0.4, 0.5) is 11.5 Å². The number of halogens is 3. The van der Waals surface area contributed by atoms with E-state index < -0.39 is 0 Å². The molecule has 1 heterocycles. The van der Waals surface area contributed by atoms with E-state index in [0.717, 1.165) is 15.7 Å². The first-order valence-electron chi connectivity index (χ1n) is 5.30. The highest BCUT2D eigenvalue weighted by Gasteiger charge is 2.07. The highest BCUT2D eigenvalue weighted by molar-refractivity contribution is 9.10. The summed E-state index contributed by atoms with van der Waals surface area (Å²) in [6.07, 6.45) is 0. The van der Waals surface area contributed by atoms with Gasteiger partial charge in [-0.3, -0.25) is 0 Å². The Morgan fingerprint density at radius 3 is 2.68 bits per heavy atom. The van der Waals surface area contributed by atoms with E-state index in [1.807, 2.05) is 19.1 Å². The zero-order valence-corrected chi connectivity index (χ0v) is 12.9. The fraction of sp³-hybridized carbons (Fsp3) is 0.0769. The van der Waals surface area contributed by atoms with Crippen LogP contribution in [-0.2, 0) is 0 Å². The Balaban J connectivity index is 2.39. The molecule has 0 amide bonds. The molecule has 0 saturated carbocycles. The molecule has 0 aliphatic heterocycles. The number of anilines is 2. The summed E-state index contributed by atoms with van der Waals surface area (Å²) in [6.45, 7) is 1.92. The summed E-state index contributed by atoms with van der Waals surface area (Å²) in [6, 6.07) is 8.84. The maximum absolute atomic E-state index is 8.89. The molecule has 0 aliphatic carbocycles. The van der Waals surface area contributed by atoms with Gasteiger partial charge in [0.25, 0.3) is 0 Å². The molecule has 0 radical (unpaired) electrons. The van der Waals surface area contributed by atoms with Crippen molar-refractivity contribution in [3.63, 3.8) is 0 Å². The molecule has 0 atom stereocenters. The lowest BCUT2D eigenvalue weighted by atomic mass is 10.2. The number of hydrogen-bond acceptors (Lipinski definition) is 3. The van der Waals surface area contributed by atoms with Crippen molar-refractivity contribution >= 4 is 50.6 Å². The van der Waals surface area contributed by atoms with Crippen molar-refractivity contribution in [2.75, 3.05) is 5.32 Å². The Hall–Kier alpha value is -1.28. The van der Waals surface area contributed by atoms with E-state index in [1.165, 1.54) is 6.07 Å². The molecular formula is C13H8BrCl2N3. The average molecular weight is 357 g/mol. The van der Waals surface area contributed by atoms with E-state index >= 15 is 0 Å². The number of aryl methyl sites for hydroxylation is 1. The lowest BCUT2D eigenvalue weighted by molar-refractivity contribution is 1.29. The SMILES string of the molecule is Cc1cc(Br)c(Nc2cc(C#N)cc(Cl)n2)cc1Cl. The molecule has 1 N–H and O–H groups in total. The van der Waals surface area contributed by atoms with Crippen molar-refractivity contribution in [1.29, 1.82) is 5.26 Å². The summed E-state index contributed by atoms with van der Waals surface area (Å²) >= 11 is 15.4. The van der Waals surface area contributed by atoms with Crippen LogP contribution in [0.25, 0.3) is 0 Å². The molecule has 1 aromatic carbocycles. The predicted octanol–water partition coefficient (Wildman–Crippen LogP) is 5.07. The van der Waals surface area contributed by atoms with Gasteiger partial charge in [0, 0.05) is 9.50 Å². The molecule has 2 rings (SSSR count). The van der Waals surface area contributed by atoms with E-state index in [-0.39, 0.29) is 5.15 Å². The largest absolute Gasteiger partial charge is 0.339 e. The zero-order valence-electron chi connectivity index (χ0n) is 9.84. The molecule has 3 nitrogen and oxygen atoms in total. The summed E-state index contributed by atoms with van der Waals surface area (Å²) < 4.78 is 0.856. The van der Waals surface area contributed by atoms with Gasteiger partial charge in [-0.25, -0.2) is 4.98 Å². The van der Waals surface area contributed by atoms with Gasteiger partial charge in [0.2, 0.25) is 0 Å². The highest BCUT2D eigenvalue weighted by atomic mass is 79.9. The molecule has 1 aromatic heterocycles. The maximum Gasteiger partial charge on any atom is 0.133 e. The number of nitrogens with one attached hydrogen (secondary N) is 1. The van der Waals surface area contributed by atoms with Crippen molar-refractivity contribution in [3.05, 3.63) is 50.0 Å². The minimum Gasteiger partial charge on any atom is -0.339 e. The Bertz CT molecular complexity index is 680. The van der Waals surface area contributed by atoms with Gasteiger partial charge in [0.05, 0.1) is 17.3 Å². The highest BCUT2D eigenvalue weighted by Crippen LogP contribution is 2.31. The van der Waals surface area contributed by atoms with Crippen LogP contribution in [0.3, 0.4) is 0 Å². The van der Waals surface area contributed by atoms with Gasteiger partial charge in [0.1, 0.15) is 11.0 Å². The van der Waals surface area contributed by atoms with Gasteiger partial charge in [-0.1, -0.05) is 23.2 Å². The summed E-state index contributed by atoms with van der Waals surface area (Å²) in [5, 5.41) is 12.9. The average Bonchev–Trinajstić information content (AvgIpc) is 2.35. The van der Waals surface area contributed by atoms with E-state index in [1.54, 1.807) is 12.1 Å². The second-order valence-electron chi connectivity index (χ2n) is 3.88. The molecule has 0 saturated heterocycles. The fourth-order valence-corrected chi connectivity index (χ4v) is 2.43. The number of rotatable bonds is 2. The van der Waals surface area contributed by atoms with Crippen molar-refractivity contribution in [2.45, 2.75) is 6.92 Å². The fourth-order valence-electron chi connectivity index (χ4n) is 1.51. The summed E-state index contributed by atoms with van der Waals surface area (Å²) in [7, 11) is 0. The molecule has 2 aromatic rings. The smallest absolute Gasteiger partial charge is 0.133 e. The molecule has 19 heavy (non-hydrogen) atoms. The lowest BCUT2D eigenvalue weighted by Crippen LogP contribution is -1.96. The first-order chi connectivity index (χ1) is 8.99. The van der Waals surface area contributed by atoms with Crippen LogP contribution in [0, 0.1) is 18.3 Å². The third-order valence-corrected chi connectivity index (χ3v) is 3.69. The maximum atomic E-state index is 8.89. The van der Waals surface area contributed by atoms with E-state index in [2.05, 4.69) is 26.2 Å². The summed E-state index contributed by atoms with van der Waals surface area (Å²) in [5.41, 5.74) is 2.17. The third kappa shape index (κ3) is 3.38. The second-order valence-corrected chi connectivity index (χ2v) is 5.53. The molecule has 0 unspecified atom stereocenters.